The van der Waals surface area contributed by atoms with Crippen LogP contribution in [0.3, 0.4) is 0 Å². The lowest BCUT2D eigenvalue weighted by atomic mass is 10.0. The first-order chi connectivity index (χ1) is 5.93. The van der Waals surface area contributed by atoms with Gasteiger partial charge < -0.3 is 4.74 Å². The molecule has 0 aromatic heterocycles. The summed E-state index contributed by atoms with van der Waals surface area (Å²) in [5, 5.41) is 0. The van der Waals surface area contributed by atoms with E-state index in [4.69, 9.17) is 4.74 Å². The van der Waals surface area contributed by atoms with Gasteiger partial charge in [0, 0.05) is 18.6 Å². The van der Waals surface area contributed by atoms with Crippen molar-refractivity contribution in [3.05, 3.63) is 0 Å². The van der Waals surface area contributed by atoms with Crippen LogP contribution in [0.25, 0.3) is 0 Å². The van der Waals surface area contributed by atoms with Crippen LogP contribution in [0.5, 0.6) is 0 Å². The van der Waals surface area contributed by atoms with Gasteiger partial charge in [-0.1, -0.05) is 6.92 Å². The molecular formula is C11H23NO. The Morgan fingerprint density at radius 3 is 2.38 bits per heavy atom. The van der Waals surface area contributed by atoms with Gasteiger partial charge >= 0.3 is 0 Å². The van der Waals surface area contributed by atoms with Crippen LogP contribution < -0.4 is 0 Å². The Kier molecular flexibility index (Phi) is 3.36. The molecule has 0 N–H and O–H groups in total. The van der Waals surface area contributed by atoms with E-state index >= 15 is 0 Å². The van der Waals surface area contributed by atoms with Gasteiger partial charge in [0.15, 0.2) is 0 Å². The van der Waals surface area contributed by atoms with Crippen molar-refractivity contribution in [3.63, 3.8) is 0 Å². The Bertz CT molecular complexity index is 162. The Morgan fingerprint density at radius 1 is 1.31 bits per heavy atom. The van der Waals surface area contributed by atoms with Crippen LogP contribution >= 0.6 is 0 Å². The quantitative estimate of drug-likeness (QED) is 0.621. The molecule has 1 saturated heterocycles. The van der Waals surface area contributed by atoms with Crippen LogP contribution in [0.15, 0.2) is 0 Å². The summed E-state index contributed by atoms with van der Waals surface area (Å²) in [6.45, 7) is 13.3. The number of hydrogen-bond donors (Lipinski definition) is 0. The Labute approximate surface area is 82.3 Å². The van der Waals surface area contributed by atoms with Crippen molar-refractivity contribution >= 4 is 0 Å². The number of nitrogens with zero attached hydrogens (tertiary/aromatic N) is 1. The van der Waals surface area contributed by atoms with E-state index in [1.54, 1.807) is 0 Å². The Hall–Kier alpha value is -0.0800. The SMILES string of the molecule is CC[C@H]1CN(C(C)(C)C)C[C@H](C)O1. The van der Waals surface area contributed by atoms with E-state index < -0.39 is 0 Å². The third kappa shape index (κ3) is 2.96. The fourth-order valence-corrected chi connectivity index (χ4v) is 1.82. The molecule has 1 rings (SSSR count). The number of ether oxygens (including phenoxy) is 1. The molecule has 0 aromatic carbocycles. The average Bonchev–Trinajstić information content (AvgIpc) is 2.01. The highest BCUT2D eigenvalue weighted by molar-refractivity contribution is 4.83. The first-order valence-electron chi connectivity index (χ1n) is 5.34. The van der Waals surface area contributed by atoms with Crippen molar-refractivity contribution in [3.8, 4) is 0 Å². The molecule has 1 fully saturated rings. The van der Waals surface area contributed by atoms with E-state index in [1.165, 1.54) is 0 Å². The van der Waals surface area contributed by atoms with Crippen LogP contribution in [-0.4, -0.2) is 35.7 Å². The molecule has 1 heterocycles. The van der Waals surface area contributed by atoms with Crippen molar-refractivity contribution in [2.75, 3.05) is 13.1 Å². The van der Waals surface area contributed by atoms with E-state index in [1.807, 2.05) is 0 Å². The molecule has 2 nitrogen and oxygen atoms in total. The maximum Gasteiger partial charge on any atom is 0.0703 e. The normalized spacial score (nSPS) is 32.1. The smallest absolute Gasteiger partial charge is 0.0703 e. The van der Waals surface area contributed by atoms with Crippen molar-refractivity contribution < 1.29 is 4.74 Å². The minimum absolute atomic E-state index is 0.283. The van der Waals surface area contributed by atoms with Crippen LogP contribution in [-0.2, 0) is 4.74 Å². The standard InChI is InChI=1S/C11H23NO/c1-6-10-8-12(11(3,4)5)7-9(2)13-10/h9-10H,6-8H2,1-5H3/t9-,10-/m0/s1. The number of rotatable bonds is 1. The zero-order valence-electron chi connectivity index (χ0n) is 9.63. The van der Waals surface area contributed by atoms with Crippen LogP contribution in [0.4, 0.5) is 0 Å². The maximum atomic E-state index is 5.82. The largest absolute Gasteiger partial charge is 0.373 e. The molecule has 0 unspecified atom stereocenters. The lowest BCUT2D eigenvalue weighted by molar-refractivity contribution is -0.101. The van der Waals surface area contributed by atoms with E-state index in [9.17, 15) is 0 Å². The topological polar surface area (TPSA) is 12.5 Å². The van der Waals surface area contributed by atoms with Crippen molar-refractivity contribution in [1.82, 2.24) is 4.90 Å². The van der Waals surface area contributed by atoms with Gasteiger partial charge in [-0.2, -0.15) is 0 Å². The number of morpholine rings is 1. The predicted octanol–water partition coefficient (Wildman–Crippen LogP) is 2.28. The monoisotopic (exact) mass is 185 g/mol. The van der Waals surface area contributed by atoms with Gasteiger partial charge in [0.25, 0.3) is 0 Å². The second-order valence-electron chi connectivity index (χ2n) is 5.05. The summed E-state index contributed by atoms with van der Waals surface area (Å²) in [5.41, 5.74) is 0.283. The molecule has 78 valence electrons. The van der Waals surface area contributed by atoms with Crippen LogP contribution in [0.2, 0.25) is 0 Å². The first-order valence-corrected chi connectivity index (χ1v) is 5.34. The third-order valence-corrected chi connectivity index (χ3v) is 2.73. The molecule has 0 saturated carbocycles. The lowest BCUT2D eigenvalue weighted by Gasteiger charge is -2.44. The van der Waals surface area contributed by atoms with Crippen molar-refractivity contribution in [2.45, 2.75) is 58.8 Å². The minimum atomic E-state index is 0.283. The molecule has 0 aromatic rings. The highest BCUT2D eigenvalue weighted by atomic mass is 16.5. The van der Waals surface area contributed by atoms with Gasteiger partial charge in [0.2, 0.25) is 0 Å². The zero-order valence-corrected chi connectivity index (χ0v) is 9.63. The Balaban J connectivity index is 2.57. The summed E-state index contributed by atoms with van der Waals surface area (Å²) in [5.74, 6) is 0. The van der Waals surface area contributed by atoms with Gasteiger partial charge in [-0.05, 0) is 34.1 Å². The summed E-state index contributed by atoms with van der Waals surface area (Å²) in [7, 11) is 0. The summed E-state index contributed by atoms with van der Waals surface area (Å²) in [6.07, 6.45) is 1.94. The maximum absolute atomic E-state index is 5.82. The molecule has 0 bridgehead atoms. The van der Waals surface area contributed by atoms with Gasteiger partial charge in [-0.25, -0.2) is 0 Å². The minimum Gasteiger partial charge on any atom is -0.373 e. The second kappa shape index (κ2) is 3.97. The fraction of sp³-hybridized carbons (Fsp3) is 1.00. The van der Waals surface area contributed by atoms with Gasteiger partial charge in [0.1, 0.15) is 0 Å². The summed E-state index contributed by atoms with van der Waals surface area (Å²) in [6, 6.07) is 0. The molecule has 0 amide bonds. The van der Waals surface area contributed by atoms with E-state index in [2.05, 4.69) is 39.5 Å². The molecular weight excluding hydrogens is 162 g/mol. The molecule has 13 heavy (non-hydrogen) atoms. The Morgan fingerprint density at radius 2 is 1.92 bits per heavy atom. The van der Waals surface area contributed by atoms with E-state index in [0.29, 0.717) is 12.2 Å². The van der Waals surface area contributed by atoms with E-state index in [0.717, 1.165) is 19.5 Å². The summed E-state index contributed by atoms with van der Waals surface area (Å²) in [4.78, 5) is 2.52. The van der Waals surface area contributed by atoms with Gasteiger partial charge in [-0.15, -0.1) is 0 Å². The van der Waals surface area contributed by atoms with Crippen molar-refractivity contribution in [2.24, 2.45) is 0 Å². The fourth-order valence-electron chi connectivity index (χ4n) is 1.82. The molecule has 1 aliphatic heterocycles. The molecule has 0 spiro atoms. The molecule has 2 atom stereocenters. The highest BCUT2D eigenvalue weighted by Crippen LogP contribution is 2.21. The first kappa shape index (κ1) is 11.0. The molecule has 2 heteroatoms. The predicted molar refractivity (Wildman–Crippen MR) is 56.0 cm³/mol. The summed E-state index contributed by atoms with van der Waals surface area (Å²) < 4.78 is 5.82. The van der Waals surface area contributed by atoms with Crippen molar-refractivity contribution in [1.29, 1.82) is 0 Å². The van der Waals surface area contributed by atoms with E-state index in [-0.39, 0.29) is 5.54 Å². The molecule has 0 aliphatic carbocycles. The summed E-state index contributed by atoms with van der Waals surface area (Å²) >= 11 is 0. The second-order valence-corrected chi connectivity index (χ2v) is 5.05. The van der Waals surface area contributed by atoms with Gasteiger partial charge in [-0.3, -0.25) is 4.90 Å². The zero-order chi connectivity index (χ0) is 10.1. The van der Waals surface area contributed by atoms with Crippen LogP contribution in [0, 0.1) is 0 Å². The van der Waals surface area contributed by atoms with Crippen LogP contribution in [0.1, 0.15) is 41.0 Å². The number of hydrogen-bond acceptors (Lipinski definition) is 2. The molecule has 1 aliphatic rings. The average molecular weight is 185 g/mol. The lowest BCUT2D eigenvalue weighted by Crippen LogP contribution is -2.53. The molecule has 0 radical (unpaired) electrons. The van der Waals surface area contributed by atoms with Gasteiger partial charge in [0.05, 0.1) is 12.2 Å². The highest BCUT2D eigenvalue weighted by Gasteiger charge is 2.30. The third-order valence-electron chi connectivity index (χ3n) is 2.73.